The number of non-ortho nitro benzene ring substituents is 1. The number of aromatic nitrogens is 3. The van der Waals surface area contributed by atoms with Crippen LogP contribution in [0.15, 0.2) is 46.2 Å². The Kier molecular flexibility index (Phi) is 5.34. The molecule has 0 atom stereocenters. The predicted octanol–water partition coefficient (Wildman–Crippen LogP) is 3.74. The molecule has 0 saturated heterocycles. The van der Waals surface area contributed by atoms with E-state index in [1.807, 2.05) is 16.7 Å². The molecule has 150 valence electrons. The number of thioether (sulfide) groups is 1. The molecule has 4 rings (SSSR count). The molecule has 1 aliphatic carbocycles. The third kappa shape index (κ3) is 4.48. The lowest BCUT2D eigenvalue weighted by Crippen LogP contribution is -2.15. The van der Waals surface area contributed by atoms with Gasteiger partial charge in [-0.2, -0.15) is 0 Å². The first kappa shape index (κ1) is 19.2. The van der Waals surface area contributed by atoms with E-state index in [-0.39, 0.29) is 17.3 Å². The van der Waals surface area contributed by atoms with Crippen molar-refractivity contribution in [3.05, 3.63) is 63.9 Å². The number of benzene rings is 1. The Morgan fingerprint density at radius 3 is 2.86 bits per heavy atom. The Labute approximate surface area is 170 Å². The average molecular weight is 413 g/mol. The van der Waals surface area contributed by atoms with E-state index in [4.69, 9.17) is 4.42 Å². The number of rotatable bonds is 8. The molecule has 1 N–H and O–H groups in total. The molecule has 1 aromatic carbocycles. The van der Waals surface area contributed by atoms with Gasteiger partial charge in [0.15, 0.2) is 5.16 Å². The predicted molar refractivity (Wildman–Crippen MR) is 107 cm³/mol. The minimum absolute atomic E-state index is 0.00601. The van der Waals surface area contributed by atoms with Crippen molar-refractivity contribution in [2.75, 3.05) is 11.1 Å². The van der Waals surface area contributed by atoms with E-state index in [2.05, 4.69) is 15.5 Å². The van der Waals surface area contributed by atoms with Crippen LogP contribution in [0, 0.1) is 17.0 Å². The highest BCUT2D eigenvalue weighted by atomic mass is 32.2. The van der Waals surface area contributed by atoms with Gasteiger partial charge in [-0.15, -0.1) is 10.2 Å². The van der Waals surface area contributed by atoms with Crippen molar-refractivity contribution in [1.29, 1.82) is 0 Å². The smallest absolute Gasteiger partial charge is 0.269 e. The van der Waals surface area contributed by atoms with Crippen molar-refractivity contribution >= 4 is 29.0 Å². The van der Waals surface area contributed by atoms with Gasteiger partial charge >= 0.3 is 0 Å². The standard InChI is InChI=1S/C19H19N5O4S/c1-12-9-14(24(26)27)6-7-16(12)20-17(25)11-29-19-22-21-18(13-4-5-13)23(19)10-15-3-2-8-28-15/h2-3,6-9,13H,4-5,10-11H2,1H3,(H,20,25). The molecule has 2 aromatic heterocycles. The summed E-state index contributed by atoms with van der Waals surface area (Å²) in [6.07, 6.45) is 3.82. The molecular formula is C19H19N5O4S. The number of anilines is 1. The molecule has 10 heteroatoms. The average Bonchev–Trinajstić information content (AvgIpc) is 3.25. The molecule has 1 saturated carbocycles. The number of carbonyl (C=O) groups excluding carboxylic acids is 1. The monoisotopic (exact) mass is 413 g/mol. The lowest BCUT2D eigenvalue weighted by molar-refractivity contribution is -0.384. The fraction of sp³-hybridized carbons (Fsp3) is 0.316. The molecule has 1 aliphatic rings. The van der Waals surface area contributed by atoms with E-state index in [0.29, 0.717) is 28.9 Å². The molecule has 0 bridgehead atoms. The fourth-order valence-corrected chi connectivity index (χ4v) is 3.72. The van der Waals surface area contributed by atoms with Crippen molar-refractivity contribution in [3.63, 3.8) is 0 Å². The summed E-state index contributed by atoms with van der Waals surface area (Å²) in [6.45, 7) is 2.24. The number of hydrogen-bond acceptors (Lipinski definition) is 7. The minimum atomic E-state index is -0.461. The van der Waals surface area contributed by atoms with Gasteiger partial charge in [0.2, 0.25) is 5.91 Å². The number of carbonyl (C=O) groups is 1. The summed E-state index contributed by atoms with van der Waals surface area (Å²) in [6, 6.07) is 8.08. The van der Waals surface area contributed by atoms with Crippen molar-refractivity contribution in [1.82, 2.24) is 14.8 Å². The topological polar surface area (TPSA) is 116 Å². The second-order valence-corrected chi connectivity index (χ2v) is 7.82. The van der Waals surface area contributed by atoms with Gasteiger partial charge in [0.25, 0.3) is 5.69 Å². The van der Waals surface area contributed by atoms with E-state index >= 15 is 0 Å². The molecule has 3 aromatic rings. The molecule has 1 fully saturated rings. The Bertz CT molecular complexity index is 1040. The van der Waals surface area contributed by atoms with Crippen LogP contribution in [0.3, 0.4) is 0 Å². The fourth-order valence-electron chi connectivity index (χ4n) is 2.98. The number of nitro benzene ring substituents is 1. The van der Waals surface area contributed by atoms with Gasteiger partial charge in [-0.25, -0.2) is 0 Å². The van der Waals surface area contributed by atoms with Gasteiger partial charge in [0.05, 0.1) is 23.5 Å². The summed E-state index contributed by atoms with van der Waals surface area (Å²) in [7, 11) is 0. The number of nitrogens with zero attached hydrogens (tertiary/aromatic N) is 4. The number of furan rings is 1. The SMILES string of the molecule is Cc1cc([N+](=O)[O-])ccc1NC(=O)CSc1nnc(C2CC2)n1Cc1ccco1. The number of amides is 1. The number of nitro groups is 1. The van der Waals surface area contributed by atoms with Crippen LogP contribution in [0.2, 0.25) is 0 Å². The molecular weight excluding hydrogens is 394 g/mol. The van der Waals surface area contributed by atoms with Gasteiger partial charge in [-0.1, -0.05) is 11.8 Å². The highest BCUT2D eigenvalue weighted by Gasteiger charge is 2.30. The molecule has 29 heavy (non-hydrogen) atoms. The zero-order valence-corrected chi connectivity index (χ0v) is 16.5. The van der Waals surface area contributed by atoms with Gasteiger partial charge in [0.1, 0.15) is 11.6 Å². The molecule has 0 aliphatic heterocycles. The number of aryl methyl sites for hydroxylation is 1. The van der Waals surface area contributed by atoms with Crippen molar-refractivity contribution < 1.29 is 14.1 Å². The molecule has 2 heterocycles. The molecule has 9 nitrogen and oxygen atoms in total. The van der Waals surface area contributed by atoms with Crippen LogP contribution < -0.4 is 5.32 Å². The highest BCUT2D eigenvalue weighted by molar-refractivity contribution is 7.99. The van der Waals surface area contributed by atoms with Crippen molar-refractivity contribution in [3.8, 4) is 0 Å². The summed E-state index contributed by atoms with van der Waals surface area (Å²) in [4.78, 5) is 22.8. The van der Waals surface area contributed by atoms with Crippen molar-refractivity contribution in [2.45, 2.75) is 37.4 Å². The van der Waals surface area contributed by atoms with Crippen LogP contribution in [0.25, 0.3) is 0 Å². The third-order valence-electron chi connectivity index (χ3n) is 4.61. The number of hydrogen-bond donors (Lipinski definition) is 1. The van der Waals surface area contributed by atoms with Crippen LogP contribution in [0.1, 0.15) is 35.9 Å². The lowest BCUT2D eigenvalue weighted by atomic mass is 10.2. The third-order valence-corrected chi connectivity index (χ3v) is 5.58. The largest absolute Gasteiger partial charge is 0.467 e. The Morgan fingerprint density at radius 1 is 1.38 bits per heavy atom. The normalized spacial score (nSPS) is 13.4. The summed E-state index contributed by atoms with van der Waals surface area (Å²) in [5.41, 5.74) is 1.18. The first-order valence-corrected chi connectivity index (χ1v) is 10.1. The van der Waals surface area contributed by atoms with E-state index in [0.717, 1.165) is 24.4 Å². The summed E-state index contributed by atoms with van der Waals surface area (Å²) < 4.78 is 7.45. The van der Waals surface area contributed by atoms with Gasteiger partial charge < -0.3 is 9.73 Å². The van der Waals surface area contributed by atoms with Gasteiger partial charge in [-0.05, 0) is 43.5 Å². The Hall–Kier alpha value is -3.14. The lowest BCUT2D eigenvalue weighted by Gasteiger charge is -2.09. The molecule has 0 unspecified atom stereocenters. The first-order chi connectivity index (χ1) is 14.0. The Morgan fingerprint density at radius 2 is 2.21 bits per heavy atom. The van der Waals surface area contributed by atoms with E-state index in [1.165, 1.54) is 23.9 Å². The first-order valence-electron chi connectivity index (χ1n) is 9.14. The highest BCUT2D eigenvalue weighted by Crippen LogP contribution is 2.40. The van der Waals surface area contributed by atoms with E-state index in [1.54, 1.807) is 19.3 Å². The van der Waals surface area contributed by atoms with Gasteiger partial charge in [-0.3, -0.25) is 19.5 Å². The van der Waals surface area contributed by atoms with E-state index < -0.39 is 4.92 Å². The van der Waals surface area contributed by atoms with Crippen molar-refractivity contribution in [2.24, 2.45) is 0 Å². The quantitative estimate of drug-likeness (QED) is 0.340. The van der Waals surface area contributed by atoms with Crippen LogP contribution in [0.4, 0.5) is 11.4 Å². The van der Waals surface area contributed by atoms with Crippen LogP contribution in [-0.4, -0.2) is 31.3 Å². The molecule has 0 spiro atoms. The maximum atomic E-state index is 12.4. The van der Waals surface area contributed by atoms with Crippen LogP contribution >= 0.6 is 11.8 Å². The maximum absolute atomic E-state index is 12.4. The minimum Gasteiger partial charge on any atom is -0.467 e. The van der Waals surface area contributed by atoms with E-state index in [9.17, 15) is 14.9 Å². The molecule has 1 amide bonds. The van der Waals surface area contributed by atoms with Crippen LogP contribution in [0.5, 0.6) is 0 Å². The number of nitrogens with one attached hydrogen (secondary N) is 1. The molecule has 0 radical (unpaired) electrons. The maximum Gasteiger partial charge on any atom is 0.269 e. The summed E-state index contributed by atoms with van der Waals surface area (Å²) >= 11 is 1.30. The second-order valence-electron chi connectivity index (χ2n) is 6.87. The summed E-state index contributed by atoms with van der Waals surface area (Å²) in [5, 5.41) is 22.9. The second kappa shape index (κ2) is 8.08. The van der Waals surface area contributed by atoms with Crippen LogP contribution in [-0.2, 0) is 11.3 Å². The van der Waals surface area contributed by atoms with Gasteiger partial charge in [0, 0.05) is 23.7 Å². The Balaban J connectivity index is 1.42. The summed E-state index contributed by atoms with van der Waals surface area (Å²) in [5.74, 6) is 2.09. The zero-order valence-electron chi connectivity index (χ0n) is 15.7. The zero-order chi connectivity index (χ0) is 20.4.